The van der Waals surface area contributed by atoms with Crippen molar-refractivity contribution in [3.8, 4) is 0 Å². The monoisotopic (exact) mass is 243 g/mol. The molecule has 0 saturated heterocycles. The van der Waals surface area contributed by atoms with Crippen LogP contribution in [0.3, 0.4) is 0 Å². The molecule has 1 aromatic carbocycles. The summed E-state index contributed by atoms with van der Waals surface area (Å²) in [6.45, 7) is 2.16. The van der Waals surface area contributed by atoms with Crippen molar-refractivity contribution < 1.29 is 9.50 Å². The van der Waals surface area contributed by atoms with Crippen LogP contribution in [0.5, 0.6) is 0 Å². The molecule has 4 heteroatoms. The molecule has 1 fully saturated rings. The molecule has 0 aliphatic heterocycles. The SMILES string of the molecule is CC(O)(CNC1CC1)c1ccc(F)c(Cl)c1. The fraction of sp³-hybridized carbons (Fsp3) is 0.500. The molecular weight excluding hydrogens is 229 g/mol. The largest absolute Gasteiger partial charge is 0.384 e. The zero-order chi connectivity index (χ0) is 11.8. The third-order valence-electron chi connectivity index (χ3n) is 2.85. The van der Waals surface area contributed by atoms with Crippen LogP contribution in [0.2, 0.25) is 5.02 Å². The predicted octanol–water partition coefficient (Wildman–Crippen LogP) is 2.44. The van der Waals surface area contributed by atoms with Gasteiger partial charge in [0.25, 0.3) is 0 Å². The van der Waals surface area contributed by atoms with Crippen LogP contribution in [0.15, 0.2) is 18.2 Å². The van der Waals surface area contributed by atoms with Crippen molar-refractivity contribution in [3.63, 3.8) is 0 Å². The van der Waals surface area contributed by atoms with E-state index in [1.807, 2.05) is 0 Å². The van der Waals surface area contributed by atoms with Gasteiger partial charge in [0.1, 0.15) is 5.82 Å². The molecule has 1 aliphatic rings. The van der Waals surface area contributed by atoms with E-state index in [2.05, 4.69) is 5.32 Å². The van der Waals surface area contributed by atoms with Crippen LogP contribution in [0.1, 0.15) is 25.3 Å². The topological polar surface area (TPSA) is 32.3 Å². The van der Waals surface area contributed by atoms with Crippen LogP contribution in [-0.2, 0) is 5.60 Å². The Hall–Kier alpha value is -0.640. The first-order valence-corrected chi connectivity index (χ1v) is 5.78. The molecule has 2 nitrogen and oxygen atoms in total. The van der Waals surface area contributed by atoms with Gasteiger partial charge in [-0.15, -0.1) is 0 Å². The van der Waals surface area contributed by atoms with Gasteiger partial charge in [-0.25, -0.2) is 4.39 Å². The Morgan fingerprint density at radius 1 is 1.56 bits per heavy atom. The Morgan fingerprint density at radius 3 is 2.81 bits per heavy atom. The van der Waals surface area contributed by atoms with E-state index in [4.69, 9.17) is 11.6 Å². The molecule has 0 radical (unpaired) electrons. The van der Waals surface area contributed by atoms with E-state index in [1.165, 1.54) is 25.0 Å². The molecule has 2 N–H and O–H groups in total. The van der Waals surface area contributed by atoms with E-state index >= 15 is 0 Å². The quantitative estimate of drug-likeness (QED) is 0.852. The summed E-state index contributed by atoms with van der Waals surface area (Å²) in [7, 11) is 0. The van der Waals surface area contributed by atoms with Crippen molar-refractivity contribution >= 4 is 11.6 Å². The zero-order valence-electron chi connectivity index (χ0n) is 9.13. The second-order valence-corrected chi connectivity index (χ2v) is 4.97. The first-order valence-electron chi connectivity index (χ1n) is 5.40. The van der Waals surface area contributed by atoms with Gasteiger partial charge >= 0.3 is 0 Å². The van der Waals surface area contributed by atoms with E-state index in [-0.39, 0.29) is 5.02 Å². The van der Waals surface area contributed by atoms with Crippen LogP contribution in [-0.4, -0.2) is 17.7 Å². The number of rotatable bonds is 4. The van der Waals surface area contributed by atoms with Gasteiger partial charge in [0.15, 0.2) is 0 Å². The van der Waals surface area contributed by atoms with Crippen LogP contribution < -0.4 is 5.32 Å². The first-order chi connectivity index (χ1) is 7.49. The highest BCUT2D eigenvalue weighted by atomic mass is 35.5. The first kappa shape index (κ1) is 11.8. The maximum absolute atomic E-state index is 13.0. The Bertz CT molecular complexity index is 391. The third kappa shape index (κ3) is 2.73. The highest BCUT2D eigenvalue weighted by Crippen LogP contribution is 2.26. The van der Waals surface area contributed by atoms with Crippen LogP contribution in [0.25, 0.3) is 0 Å². The normalized spacial score (nSPS) is 19.5. The maximum Gasteiger partial charge on any atom is 0.141 e. The molecule has 2 rings (SSSR count). The molecule has 88 valence electrons. The highest BCUT2D eigenvalue weighted by Gasteiger charge is 2.28. The average Bonchev–Trinajstić information content (AvgIpc) is 3.03. The summed E-state index contributed by atoms with van der Waals surface area (Å²) in [5.41, 5.74) is -0.382. The molecule has 1 saturated carbocycles. The number of hydrogen-bond donors (Lipinski definition) is 2. The van der Waals surface area contributed by atoms with Crippen molar-refractivity contribution in [1.29, 1.82) is 0 Å². The highest BCUT2D eigenvalue weighted by molar-refractivity contribution is 6.30. The summed E-state index contributed by atoms with van der Waals surface area (Å²) in [5.74, 6) is -0.462. The molecule has 1 aliphatic carbocycles. The summed E-state index contributed by atoms with van der Waals surface area (Å²) in [6, 6.07) is 4.85. The van der Waals surface area contributed by atoms with E-state index in [9.17, 15) is 9.50 Å². The summed E-state index contributed by atoms with van der Waals surface area (Å²) in [5, 5.41) is 13.5. The molecule has 0 heterocycles. The van der Waals surface area contributed by atoms with Gasteiger partial charge in [-0.2, -0.15) is 0 Å². The van der Waals surface area contributed by atoms with Crippen LogP contribution in [0, 0.1) is 5.82 Å². The number of benzene rings is 1. The summed E-state index contributed by atoms with van der Waals surface area (Å²) in [6.07, 6.45) is 2.33. The Balaban J connectivity index is 2.09. The lowest BCUT2D eigenvalue weighted by atomic mass is 9.96. The minimum atomic E-state index is -1.01. The van der Waals surface area contributed by atoms with Crippen molar-refractivity contribution in [1.82, 2.24) is 5.32 Å². The molecule has 1 aromatic rings. The van der Waals surface area contributed by atoms with E-state index in [0.717, 1.165) is 0 Å². The van der Waals surface area contributed by atoms with Crippen LogP contribution in [0.4, 0.5) is 4.39 Å². The second-order valence-electron chi connectivity index (χ2n) is 4.56. The van der Waals surface area contributed by atoms with E-state index < -0.39 is 11.4 Å². The van der Waals surface area contributed by atoms with E-state index in [0.29, 0.717) is 18.2 Å². The van der Waals surface area contributed by atoms with Gasteiger partial charge in [-0.05, 0) is 37.5 Å². The molecule has 0 amide bonds. The average molecular weight is 244 g/mol. The Morgan fingerprint density at radius 2 is 2.25 bits per heavy atom. The minimum absolute atomic E-state index is 0.0456. The Labute approximate surface area is 99.4 Å². The lowest BCUT2D eigenvalue weighted by molar-refractivity contribution is 0.0565. The summed E-state index contributed by atoms with van der Waals surface area (Å²) >= 11 is 5.69. The van der Waals surface area contributed by atoms with Crippen molar-refractivity contribution in [3.05, 3.63) is 34.6 Å². The Kier molecular flexibility index (Phi) is 3.19. The lowest BCUT2D eigenvalue weighted by Gasteiger charge is -2.24. The molecule has 1 unspecified atom stereocenters. The lowest BCUT2D eigenvalue weighted by Crippen LogP contribution is -2.36. The van der Waals surface area contributed by atoms with Gasteiger partial charge in [-0.3, -0.25) is 0 Å². The fourth-order valence-corrected chi connectivity index (χ4v) is 1.74. The second kappa shape index (κ2) is 4.32. The zero-order valence-corrected chi connectivity index (χ0v) is 9.89. The van der Waals surface area contributed by atoms with Crippen molar-refractivity contribution in [2.45, 2.75) is 31.4 Å². The number of halogens is 2. The fourth-order valence-electron chi connectivity index (χ4n) is 1.56. The number of nitrogens with one attached hydrogen (secondary N) is 1. The minimum Gasteiger partial charge on any atom is -0.384 e. The van der Waals surface area contributed by atoms with Crippen LogP contribution >= 0.6 is 11.6 Å². The standard InChI is InChI=1S/C12H15ClFNO/c1-12(16,7-15-9-3-4-9)8-2-5-11(14)10(13)6-8/h2,5-6,9,15-16H,3-4,7H2,1H3. The number of hydrogen-bond acceptors (Lipinski definition) is 2. The van der Waals surface area contributed by atoms with Gasteiger partial charge in [0, 0.05) is 12.6 Å². The third-order valence-corrected chi connectivity index (χ3v) is 3.14. The molecule has 0 bridgehead atoms. The van der Waals surface area contributed by atoms with Crippen molar-refractivity contribution in [2.75, 3.05) is 6.54 Å². The summed E-state index contributed by atoms with van der Waals surface area (Å²) < 4.78 is 13.0. The van der Waals surface area contributed by atoms with E-state index in [1.54, 1.807) is 13.0 Å². The summed E-state index contributed by atoms with van der Waals surface area (Å²) in [4.78, 5) is 0. The van der Waals surface area contributed by atoms with Gasteiger partial charge in [-0.1, -0.05) is 17.7 Å². The van der Waals surface area contributed by atoms with Gasteiger partial charge < -0.3 is 10.4 Å². The molecule has 0 spiro atoms. The molecule has 1 atom stereocenters. The maximum atomic E-state index is 13.0. The molecule has 0 aromatic heterocycles. The smallest absolute Gasteiger partial charge is 0.141 e. The molecular formula is C12H15ClFNO. The number of aliphatic hydroxyl groups is 1. The predicted molar refractivity (Wildman–Crippen MR) is 62.0 cm³/mol. The van der Waals surface area contributed by atoms with Gasteiger partial charge in [0.2, 0.25) is 0 Å². The van der Waals surface area contributed by atoms with Gasteiger partial charge in [0.05, 0.1) is 10.6 Å². The van der Waals surface area contributed by atoms with Crippen molar-refractivity contribution in [2.24, 2.45) is 0 Å². The molecule has 16 heavy (non-hydrogen) atoms.